The maximum Gasteiger partial charge on any atom is 0.315 e. The minimum Gasteiger partial charge on any atom is -0.496 e. The van der Waals surface area contributed by atoms with Crippen LogP contribution in [-0.2, 0) is 11.2 Å². The normalized spacial score (nSPS) is 10.3. The number of hydrogen-bond donors (Lipinski definition) is 0. The lowest BCUT2D eigenvalue weighted by molar-refractivity contribution is -0.133. The molecule has 2 rings (SSSR count). The lowest BCUT2D eigenvalue weighted by atomic mass is 10.0. The minimum absolute atomic E-state index is 0.0372. The molecule has 2 aromatic rings. The number of ketones is 1. The van der Waals surface area contributed by atoms with Gasteiger partial charge < -0.3 is 9.47 Å². The Balaban J connectivity index is 2.17. The predicted octanol–water partition coefficient (Wildman–Crippen LogP) is 4.35. The zero-order chi connectivity index (χ0) is 17.0. The highest BCUT2D eigenvalue weighted by Crippen LogP contribution is 2.27. The maximum atomic E-state index is 12.1. The van der Waals surface area contributed by atoms with Crippen molar-refractivity contribution in [2.24, 2.45) is 0 Å². The highest BCUT2D eigenvalue weighted by atomic mass is 35.5. The predicted molar refractivity (Wildman–Crippen MR) is 88.8 cm³/mol. The topological polar surface area (TPSA) is 52.6 Å². The molecule has 0 saturated carbocycles. The van der Waals surface area contributed by atoms with Crippen LogP contribution in [0.3, 0.4) is 0 Å². The number of benzene rings is 2. The SMILES string of the molecule is COc1ccc(C(C)=O)cc1CC(=O)Oc1ccc(Cl)c(Cl)c1. The molecule has 0 unspecified atom stereocenters. The summed E-state index contributed by atoms with van der Waals surface area (Å²) in [6.45, 7) is 1.46. The molecule has 2 aromatic carbocycles. The second kappa shape index (κ2) is 7.49. The van der Waals surface area contributed by atoms with Gasteiger partial charge in [-0.05, 0) is 37.3 Å². The molecular formula is C17H14Cl2O4. The molecule has 0 spiro atoms. The fourth-order valence-electron chi connectivity index (χ4n) is 2.00. The molecule has 0 bridgehead atoms. The first-order valence-corrected chi connectivity index (χ1v) is 7.50. The molecule has 0 heterocycles. The van der Waals surface area contributed by atoms with Crippen molar-refractivity contribution in [2.45, 2.75) is 13.3 Å². The van der Waals surface area contributed by atoms with Gasteiger partial charge >= 0.3 is 5.97 Å². The van der Waals surface area contributed by atoms with Crippen LogP contribution in [0.1, 0.15) is 22.8 Å². The molecule has 0 aliphatic heterocycles. The van der Waals surface area contributed by atoms with E-state index in [2.05, 4.69) is 0 Å². The molecule has 0 aliphatic carbocycles. The summed E-state index contributed by atoms with van der Waals surface area (Å²) in [6, 6.07) is 9.48. The maximum absolute atomic E-state index is 12.1. The molecule has 0 amide bonds. The van der Waals surface area contributed by atoms with Crippen LogP contribution in [0.15, 0.2) is 36.4 Å². The average Bonchev–Trinajstić information content (AvgIpc) is 2.50. The van der Waals surface area contributed by atoms with Gasteiger partial charge in [-0.3, -0.25) is 9.59 Å². The van der Waals surface area contributed by atoms with Crippen LogP contribution < -0.4 is 9.47 Å². The molecule has 0 radical (unpaired) electrons. The monoisotopic (exact) mass is 352 g/mol. The summed E-state index contributed by atoms with van der Waals surface area (Å²) in [5.74, 6) is 0.223. The Kier molecular flexibility index (Phi) is 5.64. The summed E-state index contributed by atoms with van der Waals surface area (Å²) in [4.78, 5) is 23.5. The van der Waals surface area contributed by atoms with E-state index in [0.29, 0.717) is 32.7 Å². The minimum atomic E-state index is -0.498. The van der Waals surface area contributed by atoms with Crippen molar-refractivity contribution >= 4 is 35.0 Å². The van der Waals surface area contributed by atoms with Crippen LogP contribution in [0.5, 0.6) is 11.5 Å². The van der Waals surface area contributed by atoms with Crippen molar-refractivity contribution in [3.63, 3.8) is 0 Å². The van der Waals surface area contributed by atoms with Gasteiger partial charge in [0.1, 0.15) is 11.5 Å². The second-order valence-electron chi connectivity index (χ2n) is 4.81. The number of halogens is 2. The van der Waals surface area contributed by atoms with Crippen molar-refractivity contribution in [3.05, 3.63) is 57.6 Å². The Morgan fingerprint density at radius 1 is 1.04 bits per heavy atom. The van der Waals surface area contributed by atoms with E-state index in [9.17, 15) is 9.59 Å². The quantitative estimate of drug-likeness (QED) is 0.456. The van der Waals surface area contributed by atoms with Gasteiger partial charge in [-0.2, -0.15) is 0 Å². The summed E-state index contributed by atoms with van der Waals surface area (Å²) in [7, 11) is 1.50. The number of carbonyl (C=O) groups excluding carboxylic acids is 2. The molecule has 120 valence electrons. The number of ether oxygens (including phenoxy) is 2. The van der Waals surface area contributed by atoms with E-state index in [4.69, 9.17) is 32.7 Å². The first kappa shape index (κ1) is 17.3. The van der Waals surface area contributed by atoms with Crippen LogP contribution in [-0.4, -0.2) is 18.9 Å². The van der Waals surface area contributed by atoms with E-state index in [1.807, 2.05) is 0 Å². The Morgan fingerprint density at radius 3 is 2.39 bits per heavy atom. The molecule has 6 heteroatoms. The van der Waals surface area contributed by atoms with Crippen molar-refractivity contribution in [1.29, 1.82) is 0 Å². The van der Waals surface area contributed by atoms with E-state index < -0.39 is 5.97 Å². The van der Waals surface area contributed by atoms with Gasteiger partial charge in [-0.25, -0.2) is 0 Å². The van der Waals surface area contributed by atoms with Crippen LogP contribution in [0.25, 0.3) is 0 Å². The second-order valence-corrected chi connectivity index (χ2v) is 5.62. The third kappa shape index (κ3) is 4.47. The zero-order valence-electron chi connectivity index (χ0n) is 12.6. The largest absolute Gasteiger partial charge is 0.496 e. The number of Topliss-reactive ketones (excluding diaryl/α,β-unsaturated/α-hetero) is 1. The molecule has 0 aromatic heterocycles. The third-order valence-electron chi connectivity index (χ3n) is 3.14. The molecular weight excluding hydrogens is 339 g/mol. The molecule has 0 atom stereocenters. The first-order valence-electron chi connectivity index (χ1n) is 6.74. The van der Waals surface area contributed by atoms with E-state index in [1.54, 1.807) is 30.3 Å². The standard InChI is InChI=1S/C17H14Cl2O4/c1-10(20)11-3-6-16(22-2)12(7-11)8-17(21)23-13-4-5-14(18)15(19)9-13/h3-7,9H,8H2,1-2H3. The van der Waals surface area contributed by atoms with Crippen LogP contribution in [0.2, 0.25) is 10.0 Å². The molecule has 23 heavy (non-hydrogen) atoms. The Morgan fingerprint density at radius 2 is 1.78 bits per heavy atom. The van der Waals surface area contributed by atoms with E-state index in [1.165, 1.54) is 20.1 Å². The Hall–Kier alpha value is -2.04. The van der Waals surface area contributed by atoms with Gasteiger partial charge in [0.25, 0.3) is 0 Å². The van der Waals surface area contributed by atoms with Crippen molar-refractivity contribution < 1.29 is 19.1 Å². The van der Waals surface area contributed by atoms with Gasteiger partial charge in [-0.1, -0.05) is 23.2 Å². The fraction of sp³-hybridized carbons (Fsp3) is 0.176. The lowest BCUT2D eigenvalue weighted by Crippen LogP contribution is -2.12. The number of esters is 1. The van der Waals surface area contributed by atoms with Crippen molar-refractivity contribution in [3.8, 4) is 11.5 Å². The van der Waals surface area contributed by atoms with Crippen LogP contribution in [0.4, 0.5) is 0 Å². The number of carbonyl (C=O) groups is 2. The van der Waals surface area contributed by atoms with Gasteiger partial charge in [0.05, 0.1) is 23.6 Å². The summed E-state index contributed by atoms with van der Waals surface area (Å²) in [5.41, 5.74) is 1.08. The van der Waals surface area contributed by atoms with Crippen LogP contribution >= 0.6 is 23.2 Å². The lowest BCUT2D eigenvalue weighted by Gasteiger charge is -2.10. The van der Waals surface area contributed by atoms with E-state index in [0.717, 1.165) is 0 Å². The zero-order valence-corrected chi connectivity index (χ0v) is 14.1. The van der Waals surface area contributed by atoms with E-state index in [-0.39, 0.29) is 12.2 Å². The molecule has 0 aliphatic rings. The van der Waals surface area contributed by atoms with Crippen molar-refractivity contribution in [2.75, 3.05) is 7.11 Å². The Bertz CT molecular complexity index is 756. The molecule has 0 N–H and O–H groups in total. The van der Waals surface area contributed by atoms with Gasteiger partial charge in [0.2, 0.25) is 0 Å². The van der Waals surface area contributed by atoms with Gasteiger partial charge in [0.15, 0.2) is 5.78 Å². The van der Waals surface area contributed by atoms with Gasteiger partial charge in [0, 0.05) is 17.2 Å². The summed E-state index contributed by atoms with van der Waals surface area (Å²) < 4.78 is 10.4. The first-order chi connectivity index (χ1) is 10.9. The Labute approximate surface area is 143 Å². The van der Waals surface area contributed by atoms with Gasteiger partial charge in [-0.15, -0.1) is 0 Å². The van der Waals surface area contributed by atoms with E-state index >= 15 is 0 Å². The molecule has 0 fully saturated rings. The summed E-state index contributed by atoms with van der Waals surface area (Å²) >= 11 is 11.7. The summed E-state index contributed by atoms with van der Waals surface area (Å²) in [6.07, 6.45) is -0.0372. The highest BCUT2D eigenvalue weighted by Gasteiger charge is 2.13. The molecule has 0 saturated heterocycles. The van der Waals surface area contributed by atoms with Crippen molar-refractivity contribution in [1.82, 2.24) is 0 Å². The number of methoxy groups -OCH3 is 1. The number of rotatable bonds is 5. The smallest absolute Gasteiger partial charge is 0.315 e. The summed E-state index contributed by atoms with van der Waals surface area (Å²) in [5, 5.41) is 0.676. The van der Waals surface area contributed by atoms with Crippen LogP contribution in [0, 0.1) is 0 Å². The number of hydrogen-bond acceptors (Lipinski definition) is 4. The average molecular weight is 353 g/mol. The third-order valence-corrected chi connectivity index (χ3v) is 3.88. The molecule has 4 nitrogen and oxygen atoms in total. The fourth-order valence-corrected chi connectivity index (χ4v) is 2.29. The highest BCUT2D eigenvalue weighted by molar-refractivity contribution is 6.42.